The average molecular weight is 191 g/mol. The van der Waals surface area contributed by atoms with E-state index in [2.05, 4.69) is 10.3 Å². The van der Waals surface area contributed by atoms with E-state index in [0.29, 0.717) is 12.2 Å². The molecule has 2 aromatic heterocycles. The number of aromatic nitrogens is 2. The molecule has 0 bridgehead atoms. The molecule has 0 aliphatic heterocycles. The standard InChI is InChI=1S/C10H13N3O/c1-11-6-9(14)8-7-13-5-3-2-4-10(13)12-8/h2-5,7,9,11,14H,6H2,1H3. The predicted molar refractivity (Wildman–Crippen MR) is 54.1 cm³/mol. The number of hydrogen-bond acceptors (Lipinski definition) is 3. The van der Waals surface area contributed by atoms with Gasteiger partial charge in [-0.2, -0.15) is 0 Å². The molecule has 2 rings (SSSR count). The summed E-state index contributed by atoms with van der Waals surface area (Å²) >= 11 is 0. The van der Waals surface area contributed by atoms with Crippen LogP contribution in [0.2, 0.25) is 0 Å². The molecule has 0 spiro atoms. The molecule has 2 heterocycles. The first-order valence-electron chi connectivity index (χ1n) is 4.57. The van der Waals surface area contributed by atoms with E-state index < -0.39 is 6.10 Å². The number of hydrogen-bond donors (Lipinski definition) is 2. The number of imidazole rings is 1. The van der Waals surface area contributed by atoms with Crippen LogP contribution >= 0.6 is 0 Å². The quantitative estimate of drug-likeness (QED) is 0.746. The minimum absolute atomic E-state index is 0.518. The fraction of sp³-hybridized carbons (Fsp3) is 0.300. The van der Waals surface area contributed by atoms with Crippen molar-refractivity contribution in [2.45, 2.75) is 6.10 Å². The van der Waals surface area contributed by atoms with Crippen LogP contribution in [-0.4, -0.2) is 28.1 Å². The van der Waals surface area contributed by atoms with Crippen LogP contribution < -0.4 is 5.32 Å². The van der Waals surface area contributed by atoms with Gasteiger partial charge >= 0.3 is 0 Å². The van der Waals surface area contributed by atoms with Crippen molar-refractivity contribution in [3.05, 3.63) is 36.3 Å². The lowest BCUT2D eigenvalue weighted by molar-refractivity contribution is 0.173. The van der Waals surface area contributed by atoms with Crippen molar-refractivity contribution >= 4 is 5.65 Å². The molecule has 0 aliphatic rings. The van der Waals surface area contributed by atoms with Gasteiger partial charge in [0.15, 0.2) is 0 Å². The second kappa shape index (κ2) is 3.77. The first-order chi connectivity index (χ1) is 6.81. The van der Waals surface area contributed by atoms with E-state index in [1.54, 1.807) is 7.05 Å². The second-order valence-corrected chi connectivity index (χ2v) is 3.21. The van der Waals surface area contributed by atoms with Gasteiger partial charge in [0.2, 0.25) is 0 Å². The maximum Gasteiger partial charge on any atom is 0.137 e. The topological polar surface area (TPSA) is 49.6 Å². The highest BCUT2D eigenvalue weighted by Crippen LogP contribution is 2.11. The zero-order chi connectivity index (χ0) is 9.97. The molecule has 0 saturated heterocycles. The van der Waals surface area contributed by atoms with Gasteiger partial charge < -0.3 is 14.8 Å². The summed E-state index contributed by atoms with van der Waals surface area (Å²) in [6.45, 7) is 0.518. The van der Waals surface area contributed by atoms with Crippen LogP contribution in [0.15, 0.2) is 30.6 Å². The zero-order valence-corrected chi connectivity index (χ0v) is 8.01. The number of rotatable bonds is 3. The zero-order valence-electron chi connectivity index (χ0n) is 8.01. The highest BCUT2D eigenvalue weighted by molar-refractivity contribution is 5.39. The molecule has 14 heavy (non-hydrogen) atoms. The van der Waals surface area contributed by atoms with Crippen molar-refractivity contribution in [2.24, 2.45) is 0 Å². The Morgan fingerprint density at radius 1 is 1.57 bits per heavy atom. The number of fused-ring (bicyclic) bond motifs is 1. The Bertz CT molecular complexity index is 391. The highest BCUT2D eigenvalue weighted by atomic mass is 16.3. The van der Waals surface area contributed by atoms with Crippen LogP contribution in [0.25, 0.3) is 5.65 Å². The lowest BCUT2D eigenvalue weighted by Gasteiger charge is -2.04. The smallest absolute Gasteiger partial charge is 0.137 e. The molecule has 0 radical (unpaired) electrons. The normalized spacial score (nSPS) is 13.3. The predicted octanol–water partition coefficient (Wildman–Crippen LogP) is 0.587. The van der Waals surface area contributed by atoms with Gasteiger partial charge in [-0.15, -0.1) is 0 Å². The Morgan fingerprint density at radius 3 is 3.14 bits per heavy atom. The fourth-order valence-corrected chi connectivity index (χ4v) is 1.41. The Morgan fingerprint density at radius 2 is 2.43 bits per heavy atom. The molecule has 0 fully saturated rings. The summed E-state index contributed by atoms with van der Waals surface area (Å²) in [6.07, 6.45) is 3.22. The average Bonchev–Trinajstić information content (AvgIpc) is 2.61. The fourth-order valence-electron chi connectivity index (χ4n) is 1.41. The number of aliphatic hydroxyl groups excluding tert-OH is 1. The van der Waals surface area contributed by atoms with Crippen molar-refractivity contribution in [2.75, 3.05) is 13.6 Å². The van der Waals surface area contributed by atoms with E-state index in [1.807, 2.05) is 35.0 Å². The van der Waals surface area contributed by atoms with E-state index in [0.717, 1.165) is 5.65 Å². The number of nitrogens with zero attached hydrogens (tertiary/aromatic N) is 2. The molecule has 0 aromatic carbocycles. The number of likely N-dealkylation sites (N-methyl/N-ethyl adjacent to an activating group) is 1. The first-order valence-corrected chi connectivity index (χ1v) is 4.57. The number of pyridine rings is 1. The monoisotopic (exact) mass is 191 g/mol. The van der Waals surface area contributed by atoms with Crippen LogP contribution in [0.5, 0.6) is 0 Å². The van der Waals surface area contributed by atoms with Crippen molar-refractivity contribution in [3.8, 4) is 0 Å². The summed E-state index contributed by atoms with van der Waals surface area (Å²) in [7, 11) is 1.80. The van der Waals surface area contributed by atoms with Crippen molar-refractivity contribution in [3.63, 3.8) is 0 Å². The van der Waals surface area contributed by atoms with E-state index in [-0.39, 0.29) is 0 Å². The summed E-state index contributed by atoms with van der Waals surface area (Å²) < 4.78 is 1.90. The van der Waals surface area contributed by atoms with Gasteiger partial charge in [0.25, 0.3) is 0 Å². The van der Waals surface area contributed by atoms with Crippen molar-refractivity contribution in [1.82, 2.24) is 14.7 Å². The molecule has 1 atom stereocenters. The SMILES string of the molecule is CNCC(O)c1cn2ccccc2n1. The van der Waals surface area contributed by atoms with Crippen LogP contribution in [0, 0.1) is 0 Å². The van der Waals surface area contributed by atoms with Crippen LogP contribution in [0.4, 0.5) is 0 Å². The minimum Gasteiger partial charge on any atom is -0.385 e. The van der Waals surface area contributed by atoms with Gasteiger partial charge in [0, 0.05) is 18.9 Å². The van der Waals surface area contributed by atoms with Crippen LogP contribution in [0.1, 0.15) is 11.8 Å². The van der Waals surface area contributed by atoms with Gasteiger partial charge in [-0.3, -0.25) is 0 Å². The minimum atomic E-state index is -0.542. The molecule has 4 heteroatoms. The summed E-state index contributed by atoms with van der Waals surface area (Å²) in [5.74, 6) is 0. The first kappa shape index (κ1) is 9.18. The summed E-state index contributed by atoms with van der Waals surface area (Å²) in [4.78, 5) is 4.30. The van der Waals surface area contributed by atoms with Crippen LogP contribution in [0.3, 0.4) is 0 Å². The largest absolute Gasteiger partial charge is 0.385 e. The Balaban J connectivity index is 2.35. The maximum atomic E-state index is 9.68. The van der Waals surface area contributed by atoms with Crippen LogP contribution in [-0.2, 0) is 0 Å². The van der Waals surface area contributed by atoms with E-state index in [9.17, 15) is 5.11 Å². The molecule has 0 amide bonds. The molecule has 1 unspecified atom stereocenters. The molecule has 0 aliphatic carbocycles. The number of nitrogens with one attached hydrogen (secondary N) is 1. The van der Waals surface area contributed by atoms with E-state index in [1.165, 1.54) is 0 Å². The second-order valence-electron chi connectivity index (χ2n) is 3.21. The van der Waals surface area contributed by atoms with Gasteiger partial charge in [-0.25, -0.2) is 4.98 Å². The van der Waals surface area contributed by atoms with Gasteiger partial charge in [-0.1, -0.05) is 6.07 Å². The molecule has 2 aromatic rings. The Hall–Kier alpha value is -1.39. The Labute approximate surface area is 82.2 Å². The van der Waals surface area contributed by atoms with Crippen molar-refractivity contribution in [1.29, 1.82) is 0 Å². The summed E-state index contributed by atoms with van der Waals surface area (Å²) in [5, 5.41) is 12.6. The molecular formula is C10H13N3O. The third-order valence-corrected chi connectivity index (χ3v) is 2.12. The van der Waals surface area contributed by atoms with Gasteiger partial charge in [-0.05, 0) is 19.2 Å². The van der Waals surface area contributed by atoms with Crippen molar-refractivity contribution < 1.29 is 5.11 Å². The molecule has 2 N–H and O–H groups in total. The summed E-state index contributed by atoms with van der Waals surface area (Å²) in [6, 6.07) is 5.77. The molecule has 74 valence electrons. The lowest BCUT2D eigenvalue weighted by Crippen LogP contribution is -2.16. The molecule has 0 saturated carbocycles. The highest BCUT2D eigenvalue weighted by Gasteiger charge is 2.09. The van der Waals surface area contributed by atoms with Gasteiger partial charge in [0.05, 0.1) is 5.69 Å². The number of aliphatic hydroxyl groups is 1. The third-order valence-electron chi connectivity index (χ3n) is 2.12. The Kier molecular flexibility index (Phi) is 2.47. The lowest BCUT2D eigenvalue weighted by atomic mass is 10.3. The van der Waals surface area contributed by atoms with Gasteiger partial charge in [0.1, 0.15) is 11.8 Å². The van der Waals surface area contributed by atoms with E-state index >= 15 is 0 Å². The van der Waals surface area contributed by atoms with E-state index in [4.69, 9.17) is 0 Å². The molecule has 4 nitrogen and oxygen atoms in total. The third kappa shape index (κ3) is 1.62. The molecular weight excluding hydrogens is 178 g/mol. The maximum absolute atomic E-state index is 9.68. The summed E-state index contributed by atoms with van der Waals surface area (Å²) in [5.41, 5.74) is 1.56.